The first-order chi connectivity index (χ1) is 8.77. The number of aliphatic hydroxyl groups excluding tert-OH is 1. The highest BCUT2D eigenvalue weighted by Crippen LogP contribution is 2.22. The van der Waals surface area contributed by atoms with E-state index in [1.807, 2.05) is 13.8 Å². The zero-order valence-corrected chi connectivity index (χ0v) is 11.2. The van der Waals surface area contributed by atoms with Crippen LogP contribution in [0.3, 0.4) is 0 Å². The zero-order valence-electron chi connectivity index (χ0n) is 11.2. The molecule has 0 heterocycles. The molecule has 1 rings (SSSR count). The van der Waals surface area contributed by atoms with Crippen LogP contribution in [-0.4, -0.2) is 28.8 Å². The van der Waals surface area contributed by atoms with E-state index in [1.165, 1.54) is 12.1 Å². The lowest BCUT2D eigenvalue weighted by Gasteiger charge is -2.29. The Kier molecular flexibility index (Phi) is 5.03. The lowest BCUT2D eigenvalue weighted by molar-refractivity contribution is 0.0692. The summed E-state index contributed by atoms with van der Waals surface area (Å²) >= 11 is 0. The second-order valence-corrected chi connectivity index (χ2v) is 5.41. The normalized spacial score (nSPS) is 13.3. The molecule has 0 spiro atoms. The minimum atomic E-state index is -1.28. The second kappa shape index (κ2) is 6.12. The highest BCUT2D eigenvalue weighted by Gasteiger charge is 2.25. The quantitative estimate of drug-likeness (QED) is 0.735. The predicted molar refractivity (Wildman–Crippen MR) is 70.5 cm³/mol. The molecule has 0 aliphatic heterocycles. The van der Waals surface area contributed by atoms with E-state index in [2.05, 4.69) is 0 Å². The van der Waals surface area contributed by atoms with Crippen molar-refractivity contribution in [1.29, 1.82) is 0 Å². The first-order valence-corrected chi connectivity index (χ1v) is 6.16. The summed E-state index contributed by atoms with van der Waals surface area (Å²) in [5.74, 6) is -2.01. The van der Waals surface area contributed by atoms with Crippen LogP contribution in [0.15, 0.2) is 18.2 Å². The van der Waals surface area contributed by atoms with Crippen LogP contribution in [0.1, 0.15) is 36.2 Å². The van der Waals surface area contributed by atoms with E-state index in [-0.39, 0.29) is 23.6 Å². The highest BCUT2D eigenvalue weighted by molar-refractivity contribution is 5.87. The van der Waals surface area contributed by atoms with Crippen LogP contribution in [0.25, 0.3) is 0 Å². The fraction of sp³-hybridized carbons (Fsp3) is 0.500. The van der Waals surface area contributed by atoms with E-state index in [4.69, 9.17) is 10.8 Å². The van der Waals surface area contributed by atoms with Gasteiger partial charge >= 0.3 is 5.97 Å². The number of aryl methyl sites for hydroxylation is 1. The van der Waals surface area contributed by atoms with E-state index < -0.39 is 11.8 Å². The van der Waals surface area contributed by atoms with E-state index >= 15 is 0 Å². The average Bonchev–Trinajstić information content (AvgIpc) is 2.35. The van der Waals surface area contributed by atoms with Crippen molar-refractivity contribution in [2.24, 2.45) is 11.1 Å². The molecule has 0 amide bonds. The average molecular weight is 269 g/mol. The molecule has 0 aliphatic rings. The van der Waals surface area contributed by atoms with Crippen LogP contribution in [0.5, 0.6) is 0 Å². The SMILES string of the molecule is CC(C)(CO)C(N)CCc1ccc(C(=O)O)c(F)c1. The van der Waals surface area contributed by atoms with Gasteiger partial charge in [0.05, 0.1) is 5.56 Å². The molecule has 1 aromatic rings. The smallest absolute Gasteiger partial charge is 0.338 e. The lowest BCUT2D eigenvalue weighted by Crippen LogP contribution is -2.40. The van der Waals surface area contributed by atoms with Crippen LogP contribution >= 0.6 is 0 Å². The van der Waals surface area contributed by atoms with Gasteiger partial charge in [0.15, 0.2) is 0 Å². The minimum Gasteiger partial charge on any atom is -0.478 e. The molecular formula is C14H20FNO3. The van der Waals surface area contributed by atoms with Gasteiger partial charge in [0.1, 0.15) is 5.82 Å². The molecule has 4 N–H and O–H groups in total. The van der Waals surface area contributed by atoms with Gasteiger partial charge in [-0.1, -0.05) is 19.9 Å². The van der Waals surface area contributed by atoms with Gasteiger partial charge in [-0.2, -0.15) is 0 Å². The molecule has 0 aromatic heterocycles. The fourth-order valence-electron chi connectivity index (χ4n) is 1.72. The van der Waals surface area contributed by atoms with Crippen molar-refractivity contribution in [1.82, 2.24) is 0 Å². The first-order valence-electron chi connectivity index (χ1n) is 6.16. The number of carboxylic acids is 1. The number of hydrogen-bond donors (Lipinski definition) is 3. The van der Waals surface area contributed by atoms with Gasteiger partial charge in [0.25, 0.3) is 0 Å². The highest BCUT2D eigenvalue weighted by atomic mass is 19.1. The fourth-order valence-corrected chi connectivity index (χ4v) is 1.72. The largest absolute Gasteiger partial charge is 0.478 e. The van der Waals surface area contributed by atoms with Gasteiger partial charge in [0, 0.05) is 18.1 Å². The van der Waals surface area contributed by atoms with Crippen LogP contribution in [0.4, 0.5) is 4.39 Å². The van der Waals surface area contributed by atoms with E-state index in [9.17, 15) is 14.3 Å². The van der Waals surface area contributed by atoms with Crippen molar-refractivity contribution in [2.75, 3.05) is 6.61 Å². The molecule has 19 heavy (non-hydrogen) atoms. The van der Waals surface area contributed by atoms with Crippen molar-refractivity contribution in [2.45, 2.75) is 32.7 Å². The van der Waals surface area contributed by atoms with E-state index in [0.717, 1.165) is 0 Å². The maximum absolute atomic E-state index is 13.5. The Bertz CT molecular complexity index is 460. The Morgan fingerprint density at radius 3 is 2.58 bits per heavy atom. The van der Waals surface area contributed by atoms with Crippen molar-refractivity contribution < 1.29 is 19.4 Å². The first kappa shape index (κ1) is 15.6. The molecule has 106 valence electrons. The summed E-state index contributed by atoms with van der Waals surface area (Å²) in [6, 6.07) is 3.86. The number of benzene rings is 1. The summed E-state index contributed by atoms with van der Waals surface area (Å²) in [6.07, 6.45) is 1.14. The summed E-state index contributed by atoms with van der Waals surface area (Å²) in [5, 5.41) is 17.9. The van der Waals surface area contributed by atoms with Crippen molar-refractivity contribution in [3.63, 3.8) is 0 Å². The summed E-state index contributed by atoms with van der Waals surface area (Å²) in [5.41, 5.74) is 5.96. The third kappa shape index (κ3) is 4.01. The monoisotopic (exact) mass is 269 g/mol. The minimum absolute atomic E-state index is 0.0134. The summed E-state index contributed by atoms with van der Waals surface area (Å²) in [6.45, 7) is 3.72. The molecule has 0 fully saturated rings. The van der Waals surface area contributed by atoms with Crippen molar-refractivity contribution >= 4 is 5.97 Å². The predicted octanol–water partition coefficient (Wildman–Crippen LogP) is 1.80. The Morgan fingerprint density at radius 1 is 1.47 bits per heavy atom. The third-order valence-corrected chi connectivity index (χ3v) is 3.42. The molecule has 0 radical (unpaired) electrons. The summed E-state index contributed by atoms with van der Waals surface area (Å²) in [7, 11) is 0. The zero-order chi connectivity index (χ0) is 14.6. The Balaban J connectivity index is 2.69. The Labute approximate surface area is 112 Å². The summed E-state index contributed by atoms with van der Waals surface area (Å²) < 4.78 is 13.5. The standard InChI is InChI=1S/C14H20FNO3/c1-14(2,8-17)12(16)6-4-9-3-5-10(13(18)19)11(15)7-9/h3,5,7,12,17H,4,6,8,16H2,1-2H3,(H,18,19). The molecule has 0 saturated carbocycles. The molecule has 0 aliphatic carbocycles. The number of aromatic carboxylic acids is 1. The molecule has 0 saturated heterocycles. The molecular weight excluding hydrogens is 249 g/mol. The topological polar surface area (TPSA) is 83.5 Å². The number of aliphatic hydroxyl groups is 1. The van der Waals surface area contributed by atoms with Gasteiger partial charge in [0.2, 0.25) is 0 Å². The molecule has 0 bridgehead atoms. The maximum Gasteiger partial charge on any atom is 0.338 e. The van der Waals surface area contributed by atoms with E-state index in [0.29, 0.717) is 18.4 Å². The molecule has 1 unspecified atom stereocenters. The van der Waals surface area contributed by atoms with Gasteiger partial charge in [-0.05, 0) is 30.5 Å². The van der Waals surface area contributed by atoms with Gasteiger partial charge in [-0.15, -0.1) is 0 Å². The van der Waals surface area contributed by atoms with Crippen molar-refractivity contribution in [3.05, 3.63) is 35.1 Å². The third-order valence-electron chi connectivity index (χ3n) is 3.42. The number of nitrogens with two attached hydrogens (primary N) is 1. The molecule has 1 atom stereocenters. The Morgan fingerprint density at radius 2 is 2.11 bits per heavy atom. The second-order valence-electron chi connectivity index (χ2n) is 5.41. The number of hydrogen-bond acceptors (Lipinski definition) is 3. The van der Waals surface area contributed by atoms with Crippen LogP contribution in [0.2, 0.25) is 0 Å². The van der Waals surface area contributed by atoms with Crippen LogP contribution < -0.4 is 5.73 Å². The number of rotatable bonds is 6. The van der Waals surface area contributed by atoms with E-state index in [1.54, 1.807) is 6.07 Å². The van der Waals surface area contributed by atoms with Gasteiger partial charge < -0.3 is 15.9 Å². The van der Waals surface area contributed by atoms with Crippen LogP contribution in [0, 0.1) is 11.2 Å². The van der Waals surface area contributed by atoms with Crippen molar-refractivity contribution in [3.8, 4) is 0 Å². The lowest BCUT2D eigenvalue weighted by atomic mass is 9.83. The number of halogens is 1. The maximum atomic E-state index is 13.5. The molecule has 1 aromatic carbocycles. The Hall–Kier alpha value is -1.46. The van der Waals surface area contributed by atoms with Crippen LogP contribution in [-0.2, 0) is 6.42 Å². The van der Waals surface area contributed by atoms with Gasteiger partial charge in [-0.25, -0.2) is 9.18 Å². The molecule has 5 heteroatoms. The van der Waals surface area contributed by atoms with Gasteiger partial charge in [-0.3, -0.25) is 0 Å². The summed E-state index contributed by atoms with van der Waals surface area (Å²) in [4.78, 5) is 10.7. The number of carboxylic acid groups (broad SMARTS) is 1. The molecule has 4 nitrogen and oxygen atoms in total. The number of carbonyl (C=O) groups is 1.